The summed E-state index contributed by atoms with van der Waals surface area (Å²) in [5, 5.41) is 10.3. The van der Waals surface area contributed by atoms with E-state index in [1.54, 1.807) is 12.1 Å². The van der Waals surface area contributed by atoms with Crippen LogP contribution in [0.2, 0.25) is 5.02 Å². The van der Waals surface area contributed by atoms with Crippen molar-refractivity contribution in [1.29, 1.82) is 0 Å². The maximum Gasteiger partial charge on any atom is 0.287 e. The van der Waals surface area contributed by atoms with Crippen molar-refractivity contribution in [3.05, 3.63) is 39.4 Å². The minimum Gasteiger partial charge on any atom is -0.258 e. The summed E-state index contributed by atoms with van der Waals surface area (Å²) in [5.74, 6) is 0. The predicted molar refractivity (Wildman–Crippen MR) is 43.9 cm³/mol. The molecule has 0 aliphatic heterocycles. The van der Waals surface area contributed by atoms with Crippen molar-refractivity contribution in [3.8, 4) is 0 Å². The molecule has 0 unspecified atom stereocenters. The van der Waals surface area contributed by atoms with Gasteiger partial charge in [0.15, 0.2) is 0 Å². The van der Waals surface area contributed by atoms with E-state index in [-0.39, 0.29) is 38.0 Å². The molecule has 0 fully saturated rings. The molecule has 56 valence electrons. The number of rotatable bonds is 1. The Morgan fingerprint density at radius 2 is 1.91 bits per heavy atom. The minimum atomic E-state index is -0.512. The molecule has 0 saturated heterocycles. The molecule has 5 heteroatoms. The molecule has 0 bridgehead atoms. The van der Waals surface area contributed by atoms with E-state index in [9.17, 15) is 10.1 Å². The number of hydrogen-bond acceptors (Lipinski definition) is 2. The quantitative estimate of drug-likeness (QED) is 0.434. The van der Waals surface area contributed by atoms with Gasteiger partial charge in [0.1, 0.15) is 5.02 Å². The second-order valence-electron chi connectivity index (χ2n) is 1.71. The zero-order valence-corrected chi connectivity index (χ0v) is 10.1. The Kier molecular flexibility index (Phi) is 4.59. The van der Waals surface area contributed by atoms with Crippen LogP contribution in [0.3, 0.4) is 0 Å². The number of hydrogen-bond donors (Lipinski definition) is 0. The number of para-hydroxylation sites is 1. The maximum atomic E-state index is 10.1. The molecule has 11 heavy (non-hydrogen) atoms. The summed E-state index contributed by atoms with van der Waals surface area (Å²) in [4.78, 5) is 9.63. The van der Waals surface area contributed by atoms with Crippen LogP contribution in [0.1, 0.15) is 0 Å². The molecule has 0 saturated carbocycles. The normalized spacial score (nSPS) is 8.45. The van der Waals surface area contributed by atoms with Crippen molar-refractivity contribution < 1.29 is 4.92 Å². The SMILES string of the molecule is O=[N+]([O-])c1ccccc1Cl.[Pb]. The van der Waals surface area contributed by atoms with Crippen LogP contribution < -0.4 is 0 Å². The summed E-state index contributed by atoms with van der Waals surface area (Å²) in [6, 6.07) is 6.07. The zero-order valence-electron chi connectivity index (χ0n) is 5.45. The molecular weight excluding hydrogens is 361 g/mol. The van der Waals surface area contributed by atoms with Gasteiger partial charge in [-0.15, -0.1) is 0 Å². The summed E-state index contributed by atoms with van der Waals surface area (Å²) in [5.41, 5.74) is -0.0517. The summed E-state index contributed by atoms with van der Waals surface area (Å²) in [7, 11) is 0. The Morgan fingerprint density at radius 3 is 2.27 bits per heavy atom. The van der Waals surface area contributed by atoms with Crippen molar-refractivity contribution in [2.24, 2.45) is 0 Å². The van der Waals surface area contributed by atoms with E-state index in [0.717, 1.165) is 0 Å². The van der Waals surface area contributed by atoms with E-state index >= 15 is 0 Å². The van der Waals surface area contributed by atoms with E-state index in [1.165, 1.54) is 12.1 Å². The third-order valence-electron chi connectivity index (χ3n) is 1.05. The van der Waals surface area contributed by atoms with E-state index in [4.69, 9.17) is 11.6 Å². The predicted octanol–water partition coefficient (Wildman–Crippen LogP) is 1.87. The zero-order chi connectivity index (χ0) is 7.56. The van der Waals surface area contributed by atoms with Gasteiger partial charge in [0.05, 0.1) is 4.92 Å². The second kappa shape index (κ2) is 4.66. The molecule has 0 atom stereocenters. The van der Waals surface area contributed by atoms with Crippen LogP contribution >= 0.6 is 11.6 Å². The average molecular weight is 365 g/mol. The molecule has 0 heterocycles. The fourth-order valence-electron chi connectivity index (χ4n) is 0.600. The first kappa shape index (κ1) is 10.8. The smallest absolute Gasteiger partial charge is 0.258 e. The van der Waals surface area contributed by atoms with Crippen LogP contribution in [-0.4, -0.2) is 32.2 Å². The van der Waals surface area contributed by atoms with Crippen LogP contribution in [0, 0.1) is 10.1 Å². The largest absolute Gasteiger partial charge is 0.287 e. The van der Waals surface area contributed by atoms with Crippen LogP contribution in [-0.2, 0) is 0 Å². The number of nitro groups is 1. The topological polar surface area (TPSA) is 43.1 Å². The van der Waals surface area contributed by atoms with Crippen LogP contribution in [0.5, 0.6) is 0 Å². The fourth-order valence-corrected chi connectivity index (χ4v) is 0.805. The van der Waals surface area contributed by atoms with E-state index < -0.39 is 4.92 Å². The van der Waals surface area contributed by atoms with Gasteiger partial charge in [-0.3, -0.25) is 10.1 Å². The van der Waals surface area contributed by atoms with Crippen LogP contribution in [0.25, 0.3) is 0 Å². The number of benzene rings is 1. The molecule has 4 radical (unpaired) electrons. The molecule has 0 N–H and O–H groups in total. The first-order chi connectivity index (χ1) is 4.72. The Labute approximate surface area is 88.7 Å². The van der Waals surface area contributed by atoms with Gasteiger partial charge in [-0.1, -0.05) is 23.7 Å². The first-order valence-corrected chi connectivity index (χ1v) is 2.98. The second-order valence-corrected chi connectivity index (χ2v) is 2.12. The Bertz CT molecular complexity index is 267. The van der Waals surface area contributed by atoms with Crippen molar-refractivity contribution in [1.82, 2.24) is 0 Å². The Morgan fingerprint density at radius 1 is 1.36 bits per heavy atom. The first-order valence-electron chi connectivity index (χ1n) is 2.61. The number of nitro benzene ring substituents is 1. The monoisotopic (exact) mass is 365 g/mol. The van der Waals surface area contributed by atoms with Crippen molar-refractivity contribution in [3.63, 3.8) is 0 Å². The van der Waals surface area contributed by atoms with Gasteiger partial charge >= 0.3 is 0 Å². The Balaban J connectivity index is 0.000001000. The maximum absolute atomic E-state index is 10.1. The molecule has 1 aromatic rings. The molecule has 0 spiro atoms. The van der Waals surface area contributed by atoms with Crippen LogP contribution in [0.4, 0.5) is 5.69 Å². The molecule has 0 aliphatic carbocycles. The number of nitrogens with zero attached hydrogens (tertiary/aromatic N) is 1. The van der Waals surface area contributed by atoms with Gasteiger partial charge in [0.25, 0.3) is 5.69 Å². The van der Waals surface area contributed by atoms with Gasteiger partial charge < -0.3 is 0 Å². The van der Waals surface area contributed by atoms with Gasteiger partial charge in [0.2, 0.25) is 0 Å². The van der Waals surface area contributed by atoms with Crippen molar-refractivity contribution in [2.45, 2.75) is 0 Å². The van der Waals surface area contributed by atoms with E-state index in [2.05, 4.69) is 0 Å². The van der Waals surface area contributed by atoms with Gasteiger partial charge in [-0.05, 0) is 6.07 Å². The van der Waals surface area contributed by atoms with Crippen molar-refractivity contribution in [2.75, 3.05) is 0 Å². The molecule has 0 aliphatic rings. The third-order valence-corrected chi connectivity index (χ3v) is 1.37. The van der Waals surface area contributed by atoms with E-state index in [1.807, 2.05) is 0 Å². The molecule has 0 amide bonds. The van der Waals surface area contributed by atoms with Gasteiger partial charge in [0, 0.05) is 33.4 Å². The molecule has 1 aromatic carbocycles. The summed E-state index contributed by atoms with van der Waals surface area (Å²) in [6.45, 7) is 0. The summed E-state index contributed by atoms with van der Waals surface area (Å²) < 4.78 is 0. The minimum absolute atomic E-state index is 0. The Hall–Kier alpha value is -0.168. The standard InChI is InChI=1S/C6H4ClNO2.Pb/c7-5-3-1-2-4-6(5)8(9)10;/h1-4H;. The molecular formula is C6H4ClNO2Pb. The fraction of sp³-hybridized carbons (Fsp3) is 0. The van der Waals surface area contributed by atoms with E-state index in [0.29, 0.717) is 0 Å². The average Bonchev–Trinajstić information content (AvgIpc) is 1.88. The van der Waals surface area contributed by atoms with Crippen molar-refractivity contribution >= 4 is 44.6 Å². The van der Waals surface area contributed by atoms with Gasteiger partial charge in [-0.2, -0.15) is 0 Å². The molecule has 3 nitrogen and oxygen atoms in total. The molecule has 0 aromatic heterocycles. The van der Waals surface area contributed by atoms with Gasteiger partial charge in [-0.25, -0.2) is 0 Å². The summed E-state index contributed by atoms with van der Waals surface area (Å²) >= 11 is 5.48. The molecule has 1 rings (SSSR count). The number of halogens is 1. The van der Waals surface area contributed by atoms with Crippen LogP contribution in [0.15, 0.2) is 24.3 Å². The summed E-state index contributed by atoms with van der Waals surface area (Å²) in [6.07, 6.45) is 0. The third kappa shape index (κ3) is 2.74.